The first-order valence-corrected chi connectivity index (χ1v) is 7.97. The summed E-state index contributed by atoms with van der Waals surface area (Å²) in [6, 6.07) is 18.5. The van der Waals surface area contributed by atoms with E-state index in [1.54, 1.807) is 0 Å². The number of nitrogens with two attached hydrogens (primary N) is 2. The topological polar surface area (TPSA) is 67.3 Å². The van der Waals surface area contributed by atoms with Gasteiger partial charge in [0.25, 0.3) is 0 Å². The van der Waals surface area contributed by atoms with Crippen LogP contribution in [0.3, 0.4) is 0 Å². The van der Waals surface area contributed by atoms with E-state index in [9.17, 15) is 0 Å². The van der Waals surface area contributed by atoms with E-state index in [1.165, 1.54) is 0 Å². The Morgan fingerprint density at radius 3 is 1.72 bits per heavy atom. The SMILES string of the molecule is Cc1cc2c(cc1N)N(c1ccccc1)c1cc(N)c(C)cc1N2.Cl. The predicted octanol–water partition coefficient (Wildman–Crippen LogP) is 5.42. The van der Waals surface area contributed by atoms with Crippen molar-refractivity contribution in [2.45, 2.75) is 13.8 Å². The van der Waals surface area contributed by atoms with E-state index in [1.807, 2.05) is 44.2 Å². The molecule has 5 heteroatoms. The second-order valence-electron chi connectivity index (χ2n) is 6.25. The number of nitrogen functional groups attached to an aromatic ring is 2. The number of halogens is 1. The van der Waals surface area contributed by atoms with Gasteiger partial charge in [0.2, 0.25) is 0 Å². The quantitative estimate of drug-likeness (QED) is 0.400. The number of aryl methyl sites for hydroxylation is 2. The van der Waals surface area contributed by atoms with E-state index < -0.39 is 0 Å². The molecule has 128 valence electrons. The lowest BCUT2D eigenvalue weighted by molar-refractivity contribution is 1.24. The van der Waals surface area contributed by atoms with Crippen molar-refractivity contribution >= 4 is 52.2 Å². The molecule has 3 aromatic rings. The molecule has 1 aliphatic heterocycles. The van der Waals surface area contributed by atoms with Crippen LogP contribution in [0.1, 0.15) is 11.1 Å². The Labute approximate surface area is 153 Å². The maximum atomic E-state index is 6.18. The smallest absolute Gasteiger partial charge is 0.0718 e. The Hall–Kier alpha value is -2.85. The lowest BCUT2D eigenvalue weighted by Gasteiger charge is -2.35. The standard InChI is InChI=1S/C20H20N4.ClH/c1-12-8-17-19(10-15(12)21)24(14-6-4-3-5-7-14)20-11-16(22)13(2)9-18(20)23-17;/h3-11,23H,21-22H2,1-2H3;1H. The summed E-state index contributed by atoms with van der Waals surface area (Å²) >= 11 is 0. The zero-order valence-corrected chi connectivity index (χ0v) is 15.0. The Kier molecular flexibility index (Phi) is 4.23. The van der Waals surface area contributed by atoms with E-state index in [0.717, 1.165) is 50.9 Å². The minimum absolute atomic E-state index is 0. The molecule has 0 atom stereocenters. The molecule has 0 aromatic heterocycles. The van der Waals surface area contributed by atoms with Gasteiger partial charge in [-0.15, -0.1) is 12.4 Å². The number of fused-ring (bicyclic) bond motifs is 2. The first kappa shape index (κ1) is 17.0. The molecule has 3 aromatic carbocycles. The number of rotatable bonds is 1. The number of para-hydroxylation sites is 1. The average Bonchev–Trinajstić information content (AvgIpc) is 2.57. The molecule has 4 rings (SSSR count). The van der Waals surface area contributed by atoms with Crippen molar-refractivity contribution in [3.63, 3.8) is 0 Å². The highest BCUT2D eigenvalue weighted by molar-refractivity contribution is 5.99. The van der Waals surface area contributed by atoms with Crippen LogP contribution in [0.4, 0.5) is 39.8 Å². The number of hydrogen-bond acceptors (Lipinski definition) is 4. The summed E-state index contributed by atoms with van der Waals surface area (Å²) in [5.41, 5.74) is 21.3. The zero-order chi connectivity index (χ0) is 16.8. The Balaban J connectivity index is 0.00000182. The molecule has 0 fully saturated rings. The number of nitrogens with zero attached hydrogens (tertiary/aromatic N) is 1. The normalized spacial score (nSPS) is 11.8. The maximum Gasteiger partial charge on any atom is 0.0718 e. The van der Waals surface area contributed by atoms with Gasteiger partial charge in [0, 0.05) is 17.1 Å². The number of nitrogens with one attached hydrogen (secondary N) is 1. The first-order valence-electron chi connectivity index (χ1n) is 7.97. The molecule has 0 aliphatic carbocycles. The van der Waals surface area contributed by atoms with Crippen molar-refractivity contribution in [3.05, 3.63) is 65.7 Å². The fraction of sp³-hybridized carbons (Fsp3) is 0.100. The number of benzene rings is 3. The largest absolute Gasteiger partial charge is 0.398 e. The molecule has 25 heavy (non-hydrogen) atoms. The second-order valence-corrected chi connectivity index (χ2v) is 6.25. The van der Waals surface area contributed by atoms with Crippen molar-refractivity contribution in [2.75, 3.05) is 21.7 Å². The van der Waals surface area contributed by atoms with Crippen LogP contribution in [0, 0.1) is 13.8 Å². The molecule has 0 unspecified atom stereocenters. The van der Waals surface area contributed by atoms with E-state index >= 15 is 0 Å². The van der Waals surface area contributed by atoms with Gasteiger partial charge in [-0.25, -0.2) is 0 Å². The molecule has 4 nitrogen and oxygen atoms in total. The molecule has 1 heterocycles. The number of anilines is 7. The Morgan fingerprint density at radius 2 is 1.24 bits per heavy atom. The van der Waals surface area contributed by atoms with Gasteiger partial charge >= 0.3 is 0 Å². The molecule has 5 N–H and O–H groups in total. The molecular formula is C20H21ClN4. The predicted molar refractivity (Wildman–Crippen MR) is 110 cm³/mol. The van der Waals surface area contributed by atoms with Gasteiger partial charge in [0.05, 0.1) is 22.7 Å². The van der Waals surface area contributed by atoms with E-state index in [2.05, 4.69) is 34.5 Å². The summed E-state index contributed by atoms with van der Waals surface area (Å²) in [4.78, 5) is 2.20. The minimum Gasteiger partial charge on any atom is -0.398 e. The van der Waals surface area contributed by atoms with Crippen LogP contribution < -0.4 is 21.7 Å². The van der Waals surface area contributed by atoms with Gasteiger partial charge < -0.3 is 21.7 Å². The van der Waals surface area contributed by atoms with Gasteiger partial charge in [-0.1, -0.05) is 18.2 Å². The molecule has 1 aliphatic rings. The van der Waals surface area contributed by atoms with E-state index in [-0.39, 0.29) is 12.4 Å². The Morgan fingerprint density at radius 1 is 0.760 bits per heavy atom. The summed E-state index contributed by atoms with van der Waals surface area (Å²) in [6.45, 7) is 4.04. The summed E-state index contributed by atoms with van der Waals surface area (Å²) in [6.07, 6.45) is 0. The van der Waals surface area contributed by atoms with Crippen molar-refractivity contribution < 1.29 is 0 Å². The summed E-state index contributed by atoms with van der Waals surface area (Å²) in [7, 11) is 0. The zero-order valence-electron chi connectivity index (χ0n) is 14.2. The van der Waals surface area contributed by atoms with Crippen molar-refractivity contribution in [1.29, 1.82) is 0 Å². The van der Waals surface area contributed by atoms with Crippen LogP contribution in [0.25, 0.3) is 0 Å². The highest BCUT2D eigenvalue weighted by Gasteiger charge is 2.25. The summed E-state index contributed by atoms with van der Waals surface area (Å²) in [5, 5.41) is 3.52. The van der Waals surface area contributed by atoms with Gasteiger partial charge in [0.1, 0.15) is 0 Å². The Bertz CT molecular complexity index is 881. The van der Waals surface area contributed by atoms with Crippen LogP contribution >= 0.6 is 12.4 Å². The highest BCUT2D eigenvalue weighted by atomic mass is 35.5. The third kappa shape index (κ3) is 2.75. The van der Waals surface area contributed by atoms with Crippen LogP contribution in [-0.2, 0) is 0 Å². The monoisotopic (exact) mass is 352 g/mol. The van der Waals surface area contributed by atoms with Crippen LogP contribution in [0.5, 0.6) is 0 Å². The van der Waals surface area contributed by atoms with Gasteiger partial charge in [0.15, 0.2) is 0 Å². The maximum absolute atomic E-state index is 6.18. The highest BCUT2D eigenvalue weighted by Crippen LogP contribution is 2.49. The van der Waals surface area contributed by atoms with E-state index in [4.69, 9.17) is 11.5 Å². The third-order valence-corrected chi connectivity index (χ3v) is 4.53. The summed E-state index contributed by atoms with van der Waals surface area (Å²) in [5.74, 6) is 0. The van der Waals surface area contributed by atoms with Crippen molar-refractivity contribution in [3.8, 4) is 0 Å². The second kappa shape index (κ2) is 6.22. The van der Waals surface area contributed by atoms with E-state index in [0.29, 0.717) is 0 Å². The van der Waals surface area contributed by atoms with Crippen LogP contribution in [-0.4, -0.2) is 0 Å². The number of hydrogen-bond donors (Lipinski definition) is 3. The van der Waals surface area contributed by atoms with Gasteiger partial charge in [-0.3, -0.25) is 0 Å². The average molecular weight is 353 g/mol. The molecule has 0 saturated heterocycles. The van der Waals surface area contributed by atoms with Crippen LogP contribution in [0.15, 0.2) is 54.6 Å². The fourth-order valence-corrected chi connectivity index (χ4v) is 3.13. The third-order valence-electron chi connectivity index (χ3n) is 4.53. The first-order chi connectivity index (χ1) is 11.5. The van der Waals surface area contributed by atoms with Crippen molar-refractivity contribution in [1.82, 2.24) is 0 Å². The van der Waals surface area contributed by atoms with Crippen LogP contribution in [0.2, 0.25) is 0 Å². The molecule has 0 amide bonds. The minimum atomic E-state index is 0. The van der Waals surface area contributed by atoms with Gasteiger partial charge in [-0.05, 0) is 61.4 Å². The molecule has 0 bridgehead atoms. The van der Waals surface area contributed by atoms with Gasteiger partial charge in [-0.2, -0.15) is 0 Å². The lowest BCUT2D eigenvalue weighted by Crippen LogP contribution is -2.18. The molecular weight excluding hydrogens is 332 g/mol. The molecule has 0 radical (unpaired) electrons. The van der Waals surface area contributed by atoms with Crippen molar-refractivity contribution in [2.24, 2.45) is 0 Å². The molecule has 0 spiro atoms. The fourth-order valence-electron chi connectivity index (χ4n) is 3.13. The lowest BCUT2D eigenvalue weighted by atomic mass is 10.0. The molecule has 0 saturated carbocycles. The summed E-state index contributed by atoms with van der Waals surface area (Å²) < 4.78 is 0.